The van der Waals surface area contributed by atoms with Gasteiger partial charge in [0.2, 0.25) is 11.7 Å². The zero-order valence-electron chi connectivity index (χ0n) is 19.3. The van der Waals surface area contributed by atoms with E-state index in [0.29, 0.717) is 65.4 Å². The van der Waals surface area contributed by atoms with E-state index in [1.807, 2.05) is 0 Å². The van der Waals surface area contributed by atoms with E-state index >= 15 is 4.39 Å². The Bertz CT molecular complexity index is 1510. The van der Waals surface area contributed by atoms with Crippen LogP contribution >= 0.6 is 11.6 Å². The van der Waals surface area contributed by atoms with Crippen LogP contribution in [0, 0.1) is 19.7 Å². The van der Waals surface area contributed by atoms with Gasteiger partial charge in [0.1, 0.15) is 11.9 Å². The lowest BCUT2D eigenvalue weighted by Crippen LogP contribution is -2.26. The number of fused-ring (bicyclic) bond motifs is 1. The van der Waals surface area contributed by atoms with E-state index in [4.69, 9.17) is 25.8 Å². The van der Waals surface area contributed by atoms with Gasteiger partial charge in [0.15, 0.2) is 5.65 Å². The number of ether oxygens (including phenoxy) is 1. The first kappa shape index (κ1) is 22.3. The molecule has 4 aromatic rings. The van der Waals surface area contributed by atoms with E-state index < -0.39 is 5.82 Å². The summed E-state index contributed by atoms with van der Waals surface area (Å²) in [5.74, 6) is 0.862. The molecule has 35 heavy (non-hydrogen) atoms. The number of aryl methyl sites for hydroxylation is 1. The first-order valence-electron chi connectivity index (χ1n) is 11.7. The quantitative estimate of drug-likeness (QED) is 0.390. The molecule has 3 aromatic heterocycles. The number of benzene rings is 1. The molecule has 6 rings (SSSR count). The molecule has 0 unspecified atom stereocenters. The van der Waals surface area contributed by atoms with Crippen molar-refractivity contribution in [2.45, 2.75) is 57.5 Å². The maximum atomic E-state index is 15.2. The molecule has 180 valence electrons. The maximum Gasteiger partial charge on any atom is 0.261 e. The molecule has 0 radical (unpaired) electrons. The molecule has 2 aliphatic rings. The fourth-order valence-electron chi connectivity index (χ4n) is 4.68. The SMILES string of the molecule is Cc1nc2cnc([C@H]3CCO[C@@H](c4noc(C5CC5)n4)C3)c(-c3ccc(Cl)cc3F)n2c(=O)c1C. The predicted octanol–water partition coefficient (Wildman–Crippen LogP) is 5.06. The van der Waals surface area contributed by atoms with Crippen LogP contribution in [0.4, 0.5) is 4.39 Å². The summed E-state index contributed by atoms with van der Waals surface area (Å²) in [6.45, 7) is 3.94. The van der Waals surface area contributed by atoms with Gasteiger partial charge in [-0.25, -0.2) is 9.37 Å². The lowest BCUT2D eigenvalue weighted by atomic mass is 9.89. The third-order valence-electron chi connectivity index (χ3n) is 6.89. The summed E-state index contributed by atoms with van der Waals surface area (Å²) >= 11 is 6.03. The van der Waals surface area contributed by atoms with E-state index in [0.717, 1.165) is 12.8 Å². The summed E-state index contributed by atoms with van der Waals surface area (Å²) in [6, 6.07) is 4.43. The van der Waals surface area contributed by atoms with E-state index in [1.165, 1.54) is 10.5 Å². The van der Waals surface area contributed by atoms with Gasteiger partial charge in [-0.3, -0.25) is 14.2 Å². The van der Waals surface area contributed by atoms with Crippen LogP contribution in [-0.4, -0.2) is 31.1 Å². The summed E-state index contributed by atoms with van der Waals surface area (Å²) in [4.78, 5) is 27.2. The van der Waals surface area contributed by atoms with Gasteiger partial charge < -0.3 is 9.26 Å². The predicted molar refractivity (Wildman–Crippen MR) is 126 cm³/mol. The first-order valence-corrected chi connectivity index (χ1v) is 12.1. The van der Waals surface area contributed by atoms with Gasteiger partial charge in [-0.2, -0.15) is 4.98 Å². The number of hydrogen-bond acceptors (Lipinski definition) is 7. The van der Waals surface area contributed by atoms with Gasteiger partial charge in [0.05, 0.1) is 17.6 Å². The summed E-state index contributed by atoms with van der Waals surface area (Å²) in [7, 11) is 0. The van der Waals surface area contributed by atoms with Crippen molar-refractivity contribution >= 4 is 17.2 Å². The molecule has 1 aliphatic carbocycles. The molecule has 0 spiro atoms. The average Bonchev–Trinajstić information content (AvgIpc) is 3.58. The highest BCUT2D eigenvalue weighted by molar-refractivity contribution is 6.30. The average molecular weight is 496 g/mol. The highest BCUT2D eigenvalue weighted by Crippen LogP contribution is 2.42. The van der Waals surface area contributed by atoms with Gasteiger partial charge in [0.25, 0.3) is 5.56 Å². The van der Waals surface area contributed by atoms with E-state index in [-0.39, 0.29) is 28.2 Å². The zero-order chi connectivity index (χ0) is 24.3. The van der Waals surface area contributed by atoms with Crippen molar-refractivity contribution < 1.29 is 13.7 Å². The Labute approximate surface area is 205 Å². The Kier molecular flexibility index (Phi) is 5.41. The smallest absolute Gasteiger partial charge is 0.261 e. The van der Waals surface area contributed by atoms with Crippen molar-refractivity contribution in [3.8, 4) is 11.3 Å². The topological polar surface area (TPSA) is 95.4 Å². The summed E-state index contributed by atoms with van der Waals surface area (Å²) in [5.41, 5.74) is 2.45. The second-order valence-electron chi connectivity index (χ2n) is 9.28. The second kappa shape index (κ2) is 8.49. The molecule has 2 atom stereocenters. The number of rotatable bonds is 4. The van der Waals surface area contributed by atoms with Gasteiger partial charge in [-0.15, -0.1) is 0 Å². The Morgan fingerprint density at radius 1 is 1.14 bits per heavy atom. The van der Waals surface area contributed by atoms with Crippen molar-refractivity contribution in [1.29, 1.82) is 0 Å². The van der Waals surface area contributed by atoms with Crippen LogP contribution in [0.3, 0.4) is 0 Å². The van der Waals surface area contributed by atoms with Crippen LogP contribution in [0.15, 0.2) is 33.7 Å². The summed E-state index contributed by atoms with van der Waals surface area (Å²) in [6.07, 6.45) is 4.50. The molecule has 1 saturated heterocycles. The molecule has 0 bridgehead atoms. The maximum absolute atomic E-state index is 15.2. The number of aromatic nitrogens is 5. The largest absolute Gasteiger partial charge is 0.370 e. The Morgan fingerprint density at radius 2 is 1.97 bits per heavy atom. The highest BCUT2D eigenvalue weighted by atomic mass is 35.5. The fourth-order valence-corrected chi connectivity index (χ4v) is 4.83. The van der Waals surface area contributed by atoms with Crippen LogP contribution in [0.25, 0.3) is 16.9 Å². The summed E-state index contributed by atoms with van der Waals surface area (Å²) < 4.78 is 28.1. The van der Waals surface area contributed by atoms with Crippen molar-refractivity contribution in [3.05, 3.63) is 74.3 Å². The van der Waals surface area contributed by atoms with Crippen molar-refractivity contribution in [3.63, 3.8) is 0 Å². The van der Waals surface area contributed by atoms with Crippen LogP contribution in [-0.2, 0) is 4.74 Å². The van der Waals surface area contributed by atoms with Gasteiger partial charge in [-0.1, -0.05) is 16.8 Å². The van der Waals surface area contributed by atoms with E-state index in [2.05, 4.69) is 15.1 Å². The van der Waals surface area contributed by atoms with Crippen LogP contribution in [0.1, 0.15) is 72.3 Å². The summed E-state index contributed by atoms with van der Waals surface area (Å²) in [5, 5.41) is 4.42. The lowest BCUT2D eigenvalue weighted by molar-refractivity contribution is -0.00176. The number of hydrogen-bond donors (Lipinski definition) is 0. The fraction of sp³-hybridized carbons (Fsp3) is 0.400. The molecule has 1 aliphatic heterocycles. The molecular formula is C25H23ClFN5O3. The molecule has 0 N–H and O–H groups in total. The highest BCUT2D eigenvalue weighted by Gasteiger charge is 2.35. The minimum absolute atomic E-state index is 0.125. The van der Waals surface area contributed by atoms with Gasteiger partial charge in [-0.05, 0) is 57.7 Å². The third kappa shape index (κ3) is 3.92. The molecule has 4 heterocycles. The van der Waals surface area contributed by atoms with Crippen molar-refractivity contribution in [2.75, 3.05) is 6.61 Å². The number of halogens is 2. The molecule has 0 amide bonds. The first-order chi connectivity index (χ1) is 16.9. The second-order valence-corrected chi connectivity index (χ2v) is 9.72. The minimum atomic E-state index is -0.533. The van der Waals surface area contributed by atoms with Crippen molar-refractivity contribution in [1.82, 2.24) is 24.5 Å². The van der Waals surface area contributed by atoms with Crippen LogP contribution < -0.4 is 5.56 Å². The van der Waals surface area contributed by atoms with E-state index in [1.54, 1.807) is 32.2 Å². The normalized spacial score (nSPS) is 20.5. The van der Waals surface area contributed by atoms with Crippen LogP contribution in [0.2, 0.25) is 5.02 Å². The van der Waals surface area contributed by atoms with Crippen LogP contribution in [0.5, 0.6) is 0 Å². The zero-order valence-corrected chi connectivity index (χ0v) is 20.0. The molecule has 1 aromatic carbocycles. The molecule has 10 heteroatoms. The number of nitrogens with zero attached hydrogens (tertiary/aromatic N) is 5. The third-order valence-corrected chi connectivity index (χ3v) is 7.13. The monoisotopic (exact) mass is 495 g/mol. The molecule has 8 nitrogen and oxygen atoms in total. The Morgan fingerprint density at radius 3 is 2.74 bits per heavy atom. The van der Waals surface area contributed by atoms with Crippen molar-refractivity contribution in [2.24, 2.45) is 0 Å². The molecule has 2 fully saturated rings. The Balaban J connectivity index is 1.49. The van der Waals surface area contributed by atoms with Gasteiger partial charge in [0, 0.05) is 40.3 Å². The molecular weight excluding hydrogens is 473 g/mol. The standard InChI is InChI=1S/C25H23ClFN5O3/c1-12-13(2)29-20-11-28-21(22(32(20)25(12)33)17-6-5-16(26)10-18(17)27)15-7-8-34-19(9-15)23-30-24(35-31-23)14-3-4-14/h5-6,10-11,14-15,19H,3-4,7-9H2,1-2H3/t15-,19+/m0/s1. The van der Waals surface area contributed by atoms with E-state index in [9.17, 15) is 4.79 Å². The minimum Gasteiger partial charge on any atom is -0.370 e. The van der Waals surface area contributed by atoms with Gasteiger partial charge >= 0.3 is 0 Å². The molecule has 1 saturated carbocycles. The Hall–Kier alpha value is -3.17. The lowest BCUT2D eigenvalue weighted by Gasteiger charge is -2.29.